The van der Waals surface area contributed by atoms with Crippen LogP contribution >= 0.6 is 0 Å². The van der Waals surface area contributed by atoms with Gasteiger partial charge in [0.15, 0.2) is 17.3 Å². The van der Waals surface area contributed by atoms with Gasteiger partial charge >= 0.3 is 0 Å². The monoisotopic (exact) mass is 360 g/mol. The third-order valence-electron chi connectivity index (χ3n) is 3.86. The second-order valence-electron chi connectivity index (χ2n) is 5.36. The van der Waals surface area contributed by atoms with E-state index in [-0.39, 0.29) is 45.3 Å². The predicted octanol–water partition coefficient (Wildman–Crippen LogP) is 2.60. The second-order valence-corrected chi connectivity index (χ2v) is 5.36. The summed E-state index contributed by atoms with van der Waals surface area (Å²) in [6.45, 7) is 0. The van der Waals surface area contributed by atoms with Crippen LogP contribution in [0.2, 0.25) is 0 Å². The number of methoxy groups -OCH3 is 3. The Hall–Kier alpha value is -3.55. The summed E-state index contributed by atoms with van der Waals surface area (Å²) < 4.78 is 21.1. The lowest BCUT2D eigenvalue weighted by Crippen LogP contribution is -2.09. The van der Waals surface area contributed by atoms with Gasteiger partial charge in [-0.25, -0.2) is 0 Å². The van der Waals surface area contributed by atoms with E-state index in [0.29, 0.717) is 0 Å². The van der Waals surface area contributed by atoms with Gasteiger partial charge in [0.2, 0.25) is 16.9 Å². The third-order valence-corrected chi connectivity index (χ3v) is 3.86. The highest BCUT2D eigenvalue weighted by Gasteiger charge is 2.22. The smallest absolute Gasteiger partial charge is 0.239 e. The van der Waals surface area contributed by atoms with Gasteiger partial charge < -0.3 is 33.9 Å². The molecule has 0 aliphatic carbocycles. The molecule has 3 aromatic rings. The van der Waals surface area contributed by atoms with Crippen LogP contribution in [-0.4, -0.2) is 36.6 Å². The maximum Gasteiger partial charge on any atom is 0.239 e. The number of aromatic hydroxyl groups is 3. The molecule has 0 saturated carbocycles. The first kappa shape index (κ1) is 17.3. The lowest BCUT2D eigenvalue weighted by atomic mass is 10.1. The number of phenolic OH excluding ortho intramolecular Hbond substituents is 3. The van der Waals surface area contributed by atoms with E-state index in [0.717, 1.165) is 0 Å². The molecule has 0 bridgehead atoms. The Balaban J connectivity index is 2.41. The van der Waals surface area contributed by atoms with E-state index in [9.17, 15) is 20.1 Å². The van der Waals surface area contributed by atoms with E-state index in [1.54, 1.807) is 0 Å². The molecule has 8 heteroatoms. The molecule has 2 aromatic carbocycles. The predicted molar refractivity (Wildman–Crippen MR) is 92.6 cm³/mol. The zero-order valence-electron chi connectivity index (χ0n) is 14.2. The van der Waals surface area contributed by atoms with Gasteiger partial charge in [-0.2, -0.15) is 0 Å². The minimum Gasteiger partial charge on any atom is -0.508 e. The fourth-order valence-corrected chi connectivity index (χ4v) is 2.67. The van der Waals surface area contributed by atoms with Crippen LogP contribution in [0.15, 0.2) is 33.5 Å². The van der Waals surface area contributed by atoms with Crippen LogP contribution in [0.3, 0.4) is 0 Å². The van der Waals surface area contributed by atoms with E-state index >= 15 is 0 Å². The summed E-state index contributed by atoms with van der Waals surface area (Å²) in [6, 6.07) is 5.12. The number of phenols is 3. The van der Waals surface area contributed by atoms with E-state index in [1.807, 2.05) is 0 Å². The number of rotatable bonds is 4. The number of fused-ring (bicyclic) bond motifs is 1. The molecule has 0 aliphatic rings. The molecule has 0 atom stereocenters. The molecule has 0 amide bonds. The standard InChI is InChI=1S/C18H16O8/c1-23-11-6-9(19)7-12-14(11)16(22)18(25-3)17(26-12)8-4-10(20)15(21)13(5-8)24-2/h4-7,19-21H,1-3H3. The van der Waals surface area contributed by atoms with Crippen LogP contribution in [-0.2, 0) is 0 Å². The van der Waals surface area contributed by atoms with Crippen LogP contribution in [0.5, 0.6) is 34.5 Å². The maximum absolute atomic E-state index is 12.9. The lowest BCUT2D eigenvalue weighted by molar-refractivity contribution is 0.351. The Bertz CT molecular complexity index is 1050. The van der Waals surface area contributed by atoms with Crippen molar-refractivity contribution in [2.45, 2.75) is 0 Å². The number of benzene rings is 2. The van der Waals surface area contributed by atoms with Gasteiger partial charge in [0.1, 0.15) is 22.5 Å². The van der Waals surface area contributed by atoms with Gasteiger partial charge in [-0.3, -0.25) is 4.79 Å². The Kier molecular flexibility index (Phi) is 4.25. The molecule has 8 nitrogen and oxygen atoms in total. The summed E-state index contributed by atoms with van der Waals surface area (Å²) in [5, 5.41) is 29.6. The van der Waals surface area contributed by atoms with Crippen LogP contribution in [0, 0.1) is 0 Å². The van der Waals surface area contributed by atoms with Gasteiger partial charge in [0.05, 0.1) is 21.3 Å². The fraction of sp³-hybridized carbons (Fsp3) is 0.167. The van der Waals surface area contributed by atoms with Crippen molar-refractivity contribution in [3.63, 3.8) is 0 Å². The van der Waals surface area contributed by atoms with Gasteiger partial charge in [-0.1, -0.05) is 0 Å². The summed E-state index contributed by atoms with van der Waals surface area (Å²) in [7, 11) is 3.97. The van der Waals surface area contributed by atoms with E-state index in [1.165, 1.54) is 45.6 Å². The quantitative estimate of drug-likeness (QED) is 0.608. The number of ether oxygens (including phenoxy) is 3. The first-order chi connectivity index (χ1) is 12.4. The van der Waals surface area contributed by atoms with Gasteiger partial charge in [-0.05, 0) is 12.1 Å². The van der Waals surface area contributed by atoms with Crippen molar-refractivity contribution in [2.75, 3.05) is 21.3 Å². The zero-order chi connectivity index (χ0) is 19.0. The van der Waals surface area contributed by atoms with Gasteiger partial charge in [0.25, 0.3) is 0 Å². The highest BCUT2D eigenvalue weighted by atomic mass is 16.5. The van der Waals surface area contributed by atoms with Crippen molar-refractivity contribution in [2.24, 2.45) is 0 Å². The van der Waals surface area contributed by atoms with Crippen molar-refractivity contribution in [3.8, 4) is 45.8 Å². The van der Waals surface area contributed by atoms with Crippen LogP contribution < -0.4 is 19.6 Å². The van der Waals surface area contributed by atoms with Gasteiger partial charge in [0, 0.05) is 17.7 Å². The molecular weight excluding hydrogens is 344 g/mol. The molecule has 0 unspecified atom stereocenters. The third kappa shape index (κ3) is 2.61. The summed E-state index contributed by atoms with van der Waals surface area (Å²) in [5.74, 6) is -1.09. The summed E-state index contributed by atoms with van der Waals surface area (Å²) in [6.07, 6.45) is 0. The van der Waals surface area contributed by atoms with Gasteiger partial charge in [-0.15, -0.1) is 0 Å². The largest absolute Gasteiger partial charge is 0.508 e. The average Bonchev–Trinajstić information content (AvgIpc) is 2.62. The molecular formula is C18H16O8. The molecule has 0 fully saturated rings. The topological polar surface area (TPSA) is 119 Å². The normalized spacial score (nSPS) is 10.7. The molecule has 136 valence electrons. The minimum atomic E-state index is -0.521. The molecule has 0 aliphatic heterocycles. The minimum absolute atomic E-state index is 0.00810. The number of hydrogen-bond donors (Lipinski definition) is 3. The Morgan fingerprint density at radius 1 is 0.885 bits per heavy atom. The molecule has 1 aromatic heterocycles. The highest BCUT2D eigenvalue weighted by molar-refractivity contribution is 5.89. The van der Waals surface area contributed by atoms with Crippen molar-refractivity contribution in [1.82, 2.24) is 0 Å². The first-order valence-electron chi connectivity index (χ1n) is 7.43. The van der Waals surface area contributed by atoms with Crippen molar-refractivity contribution >= 4 is 11.0 Å². The molecule has 3 N–H and O–H groups in total. The van der Waals surface area contributed by atoms with Crippen LogP contribution in [0.1, 0.15) is 0 Å². The molecule has 0 spiro atoms. The lowest BCUT2D eigenvalue weighted by Gasteiger charge is -2.13. The van der Waals surface area contributed by atoms with E-state index < -0.39 is 16.9 Å². The highest BCUT2D eigenvalue weighted by Crippen LogP contribution is 2.42. The first-order valence-corrected chi connectivity index (χ1v) is 7.43. The molecule has 0 saturated heterocycles. The molecule has 1 heterocycles. The van der Waals surface area contributed by atoms with E-state index in [4.69, 9.17) is 18.6 Å². The molecule has 26 heavy (non-hydrogen) atoms. The zero-order valence-corrected chi connectivity index (χ0v) is 14.2. The van der Waals surface area contributed by atoms with E-state index in [2.05, 4.69) is 0 Å². The van der Waals surface area contributed by atoms with Crippen molar-refractivity contribution in [3.05, 3.63) is 34.5 Å². The Labute approximate surface area is 147 Å². The summed E-state index contributed by atoms with van der Waals surface area (Å²) in [4.78, 5) is 12.9. The molecule has 0 radical (unpaired) electrons. The van der Waals surface area contributed by atoms with Crippen molar-refractivity contribution in [1.29, 1.82) is 0 Å². The fourth-order valence-electron chi connectivity index (χ4n) is 2.67. The van der Waals surface area contributed by atoms with Crippen LogP contribution in [0.4, 0.5) is 0 Å². The molecule has 3 rings (SSSR count). The van der Waals surface area contributed by atoms with Crippen molar-refractivity contribution < 1.29 is 33.9 Å². The maximum atomic E-state index is 12.9. The number of hydrogen-bond acceptors (Lipinski definition) is 8. The van der Waals surface area contributed by atoms with Crippen LogP contribution in [0.25, 0.3) is 22.3 Å². The Morgan fingerprint density at radius 2 is 1.58 bits per heavy atom. The average molecular weight is 360 g/mol. The summed E-state index contributed by atoms with van der Waals surface area (Å²) >= 11 is 0. The Morgan fingerprint density at radius 3 is 2.19 bits per heavy atom. The SMILES string of the molecule is COc1cc(-c2oc3cc(O)cc(OC)c3c(=O)c2OC)cc(O)c1O. The summed E-state index contributed by atoms with van der Waals surface area (Å²) in [5.41, 5.74) is -0.225. The second kappa shape index (κ2) is 6.40.